The summed E-state index contributed by atoms with van der Waals surface area (Å²) in [6.07, 6.45) is 0. The summed E-state index contributed by atoms with van der Waals surface area (Å²) in [7, 11) is -1.50. The second-order valence-corrected chi connectivity index (χ2v) is 9.11. The Bertz CT molecular complexity index is 1200. The van der Waals surface area contributed by atoms with Gasteiger partial charge in [0.05, 0.1) is 15.9 Å². The van der Waals surface area contributed by atoms with Crippen LogP contribution in [0.4, 0.5) is 5.82 Å². The molecule has 0 radical (unpaired) electrons. The smallest absolute Gasteiger partial charge is 0.264 e. The lowest BCUT2D eigenvalue weighted by atomic mass is 9.86. The van der Waals surface area contributed by atoms with Gasteiger partial charge in [0.15, 0.2) is 11.0 Å². The molecule has 1 aromatic heterocycles. The zero-order chi connectivity index (χ0) is 21.1. The highest BCUT2D eigenvalue weighted by Crippen LogP contribution is 2.36. The van der Waals surface area contributed by atoms with Crippen LogP contribution in [0.3, 0.4) is 0 Å². The van der Waals surface area contributed by atoms with Crippen LogP contribution in [0.25, 0.3) is 11.0 Å². The Morgan fingerprint density at radius 1 is 0.800 bits per heavy atom. The molecule has 0 saturated heterocycles. The number of hydrogen-bond donors (Lipinski definition) is 1. The lowest BCUT2D eigenvalue weighted by molar-refractivity contribution is 0.442. The number of para-hydroxylation sites is 3. The van der Waals surface area contributed by atoms with Crippen LogP contribution >= 0.6 is 0 Å². The minimum Gasteiger partial charge on any atom is -0.436 e. The summed E-state index contributed by atoms with van der Waals surface area (Å²) in [4.78, 5) is 9.94. The number of fused-ring (bicyclic) bond motifs is 1. The maximum atomic E-state index is 12.9. The van der Waals surface area contributed by atoms with Crippen LogP contribution < -0.4 is 9.46 Å². The minimum atomic E-state index is -1.50. The molecule has 0 saturated carbocycles. The normalized spacial score (nSPS) is 12.5. The molecule has 0 fully saturated rings. The van der Waals surface area contributed by atoms with Gasteiger partial charge in [0.2, 0.25) is 5.82 Å². The van der Waals surface area contributed by atoms with Gasteiger partial charge in [-0.05, 0) is 35.7 Å². The SMILES string of the molecule is CC(C)(C)c1ccccc1Oc1nc2ccccc2nc1NS(=O)c1ccccc1. The Labute approximate surface area is 178 Å². The Morgan fingerprint density at radius 2 is 1.40 bits per heavy atom. The van der Waals surface area contributed by atoms with E-state index in [0.717, 1.165) is 5.56 Å². The monoisotopic (exact) mass is 417 g/mol. The van der Waals surface area contributed by atoms with Gasteiger partial charge in [0, 0.05) is 5.56 Å². The number of hydrogen-bond acceptors (Lipinski definition) is 4. The van der Waals surface area contributed by atoms with Crippen LogP contribution in [-0.4, -0.2) is 14.2 Å². The van der Waals surface area contributed by atoms with Gasteiger partial charge in [0.25, 0.3) is 5.88 Å². The maximum Gasteiger partial charge on any atom is 0.264 e. The third-order valence-electron chi connectivity index (χ3n) is 4.59. The first-order valence-corrected chi connectivity index (χ1v) is 10.8. The van der Waals surface area contributed by atoms with Crippen molar-refractivity contribution in [2.24, 2.45) is 0 Å². The van der Waals surface area contributed by atoms with Crippen LogP contribution in [-0.2, 0) is 16.4 Å². The van der Waals surface area contributed by atoms with Crippen molar-refractivity contribution < 1.29 is 8.95 Å². The molecule has 4 aromatic rings. The molecule has 0 aliphatic rings. The summed E-state index contributed by atoms with van der Waals surface area (Å²) >= 11 is 0. The Hall–Kier alpha value is -3.25. The Kier molecular flexibility index (Phi) is 5.50. The van der Waals surface area contributed by atoms with Crippen molar-refractivity contribution in [2.75, 3.05) is 4.72 Å². The molecule has 1 heterocycles. The molecule has 6 heteroatoms. The number of nitrogens with one attached hydrogen (secondary N) is 1. The van der Waals surface area contributed by atoms with Gasteiger partial charge in [-0.15, -0.1) is 0 Å². The average molecular weight is 418 g/mol. The molecule has 1 atom stereocenters. The van der Waals surface area contributed by atoms with Crippen molar-refractivity contribution in [2.45, 2.75) is 31.1 Å². The molecule has 4 rings (SSSR count). The van der Waals surface area contributed by atoms with Crippen molar-refractivity contribution in [1.29, 1.82) is 0 Å². The summed E-state index contributed by atoms with van der Waals surface area (Å²) in [5.74, 6) is 1.32. The number of rotatable bonds is 5. The van der Waals surface area contributed by atoms with E-state index < -0.39 is 11.0 Å². The second kappa shape index (κ2) is 8.24. The molecule has 0 spiro atoms. The highest BCUT2D eigenvalue weighted by atomic mass is 32.2. The first kappa shape index (κ1) is 20.0. The molecule has 0 aliphatic heterocycles. The van der Waals surface area contributed by atoms with Gasteiger partial charge in [-0.25, -0.2) is 14.2 Å². The van der Waals surface area contributed by atoms with E-state index in [4.69, 9.17) is 4.74 Å². The molecule has 1 N–H and O–H groups in total. The number of ether oxygens (including phenoxy) is 1. The maximum absolute atomic E-state index is 12.9. The van der Waals surface area contributed by atoms with Crippen LogP contribution in [0, 0.1) is 0 Å². The molecule has 0 amide bonds. The second-order valence-electron chi connectivity index (χ2n) is 7.90. The Morgan fingerprint density at radius 3 is 2.10 bits per heavy atom. The molecule has 30 heavy (non-hydrogen) atoms. The lowest BCUT2D eigenvalue weighted by Gasteiger charge is -2.22. The Balaban J connectivity index is 1.77. The first-order chi connectivity index (χ1) is 14.4. The first-order valence-electron chi connectivity index (χ1n) is 9.69. The number of aromatic nitrogens is 2. The van der Waals surface area contributed by atoms with Gasteiger partial charge in [0.1, 0.15) is 5.75 Å². The van der Waals surface area contributed by atoms with Crippen molar-refractivity contribution in [3.63, 3.8) is 0 Å². The van der Waals surface area contributed by atoms with E-state index in [1.165, 1.54) is 0 Å². The van der Waals surface area contributed by atoms with E-state index in [9.17, 15) is 4.21 Å². The van der Waals surface area contributed by atoms with Gasteiger partial charge in [-0.3, -0.25) is 4.72 Å². The molecule has 1 unspecified atom stereocenters. The molecule has 152 valence electrons. The van der Waals surface area contributed by atoms with Crippen molar-refractivity contribution in [3.8, 4) is 11.6 Å². The van der Waals surface area contributed by atoms with Crippen molar-refractivity contribution >= 4 is 27.8 Å². The van der Waals surface area contributed by atoms with Gasteiger partial charge in [-0.2, -0.15) is 0 Å². The highest BCUT2D eigenvalue weighted by Gasteiger charge is 2.21. The fourth-order valence-electron chi connectivity index (χ4n) is 3.09. The van der Waals surface area contributed by atoms with Crippen LogP contribution in [0.2, 0.25) is 0 Å². The van der Waals surface area contributed by atoms with E-state index in [-0.39, 0.29) is 11.3 Å². The average Bonchev–Trinajstić information content (AvgIpc) is 2.74. The molecular weight excluding hydrogens is 394 g/mol. The number of benzene rings is 3. The van der Waals surface area contributed by atoms with Crippen LogP contribution in [0.15, 0.2) is 83.8 Å². The van der Waals surface area contributed by atoms with Gasteiger partial charge >= 0.3 is 0 Å². The minimum absolute atomic E-state index is 0.110. The summed E-state index contributed by atoms with van der Waals surface area (Å²) in [6, 6.07) is 24.6. The number of nitrogens with zero attached hydrogens (tertiary/aromatic N) is 2. The fraction of sp³-hybridized carbons (Fsp3) is 0.167. The van der Waals surface area contributed by atoms with E-state index >= 15 is 0 Å². The fourth-order valence-corrected chi connectivity index (χ4v) is 3.92. The van der Waals surface area contributed by atoms with E-state index in [1.807, 2.05) is 66.7 Å². The van der Waals surface area contributed by atoms with Gasteiger partial charge < -0.3 is 4.74 Å². The molecule has 0 bridgehead atoms. The molecular formula is C24H23N3O2S. The zero-order valence-corrected chi connectivity index (χ0v) is 17.9. The summed E-state index contributed by atoms with van der Waals surface area (Å²) < 4.78 is 22.1. The topological polar surface area (TPSA) is 64.1 Å². The third-order valence-corrected chi connectivity index (χ3v) is 5.67. The zero-order valence-electron chi connectivity index (χ0n) is 17.1. The quantitative estimate of drug-likeness (QED) is 0.442. The summed E-state index contributed by atoms with van der Waals surface area (Å²) in [6.45, 7) is 6.39. The number of anilines is 1. The van der Waals surface area contributed by atoms with Crippen LogP contribution in [0.5, 0.6) is 11.6 Å². The molecule has 0 aliphatic carbocycles. The third kappa shape index (κ3) is 4.33. The van der Waals surface area contributed by atoms with Crippen LogP contribution in [0.1, 0.15) is 26.3 Å². The highest BCUT2D eigenvalue weighted by molar-refractivity contribution is 7.86. The summed E-state index contributed by atoms with van der Waals surface area (Å²) in [5.41, 5.74) is 2.34. The molecule has 5 nitrogen and oxygen atoms in total. The van der Waals surface area contributed by atoms with Crippen molar-refractivity contribution in [3.05, 3.63) is 84.4 Å². The largest absolute Gasteiger partial charge is 0.436 e. The lowest BCUT2D eigenvalue weighted by Crippen LogP contribution is -2.13. The summed E-state index contributed by atoms with van der Waals surface area (Å²) in [5, 5.41) is 0. The standard InChI is InChI=1S/C24H23N3O2S/c1-24(2,3)18-13-7-10-16-21(18)29-23-22(25-19-14-8-9-15-20(19)26-23)27-30(28)17-11-5-4-6-12-17/h4-16H,1-3H3,(H,25,27). The predicted octanol–water partition coefficient (Wildman–Crippen LogP) is 5.85. The van der Waals surface area contributed by atoms with E-state index in [1.54, 1.807) is 12.1 Å². The van der Waals surface area contributed by atoms with E-state index in [2.05, 4.69) is 35.5 Å². The van der Waals surface area contributed by atoms with E-state index in [0.29, 0.717) is 27.5 Å². The molecule has 3 aromatic carbocycles. The predicted molar refractivity (Wildman–Crippen MR) is 121 cm³/mol. The van der Waals surface area contributed by atoms with Gasteiger partial charge in [-0.1, -0.05) is 69.3 Å². The van der Waals surface area contributed by atoms with Crippen molar-refractivity contribution in [1.82, 2.24) is 9.97 Å².